The zero-order chi connectivity index (χ0) is 9.35. The second-order valence-corrected chi connectivity index (χ2v) is 3.99. The van der Waals surface area contributed by atoms with Crippen LogP contribution in [0.3, 0.4) is 0 Å². The maximum atomic E-state index is 10.6. The van der Waals surface area contributed by atoms with Crippen molar-refractivity contribution >= 4 is 27.4 Å². The van der Waals surface area contributed by atoms with Crippen LogP contribution in [0, 0.1) is 0 Å². The maximum absolute atomic E-state index is 10.6. The number of hydrogen-bond donors (Lipinski definition) is 2. The van der Waals surface area contributed by atoms with Crippen LogP contribution in [0.25, 0.3) is 0 Å². The fourth-order valence-corrected chi connectivity index (χ4v) is 1.42. The first-order valence-electron chi connectivity index (χ1n) is 2.94. The lowest BCUT2D eigenvalue weighted by Gasteiger charge is -1.99. The number of benzene rings is 1. The Morgan fingerprint density at radius 1 is 1.42 bits per heavy atom. The minimum atomic E-state index is -4.18. The van der Waals surface area contributed by atoms with E-state index >= 15 is 0 Å². The SMILES string of the molecule is Nc1ccc(S(=O)(=O)O)cc1Cl. The van der Waals surface area contributed by atoms with Crippen LogP contribution in [0.5, 0.6) is 0 Å². The summed E-state index contributed by atoms with van der Waals surface area (Å²) in [6, 6.07) is 3.58. The first-order valence-corrected chi connectivity index (χ1v) is 4.75. The summed E-state index contributed by atoms with van der Waals surface area (Å²) in [5.74, 6) is 0. The Morgan fingerprint density at radius 2 is 2.00 bits per heavy atom. The van der Waals surface area contributed by atoms with Crippen LogP contribution < -0.4 is 5.73 Å². The van der Waals surface area contributed by atoms with Crippen molar-refractivity contribution in [3.8, 4) is 0 Å². The van der Waals surface area contributed by atoms with Crippen LogP contribution in [0.1, 0.15) is 0 Å². The van der Waals surface area contributed by atoms with Gasteiger partial charge in [0.1, 0.15) is 0 Å². The minimum absolute atomic E-state index is 0.102. The van der Waals surface area contributed by atoms with Gasteiger partial charge in [0, 0.05) is 0 Å². The lowest BCUT2D eigenvalue weighted by Crippen LogP contribution is -1.98. The highest BCUT2D eigenvalue weighted by Gasteiger charge is 2.10. The molecular weight excluding hydrogens is 202 g/mol. The van der Waals surface area contributed by atoms with Gasteiger partial charge in [0.15, 0.2) is 0 Å². The molecule has 0 radical (unpaired) electrons. The minimum Gasteiger partial charge on any atom is -0.398 e. The second kappa shape index (κ2) is 2.93. The van der Waals surface area contributed by atoms with Crippen molar-refractivity contribution in [1.29, 1.82) is 0 Å². The summed E-state index contributed by atoms with van der Waals surface area (Å²) in [6.45, 7) is 0. The van der Waals surface area contributed by atoms with Gasteiger partial charge in [-0.15, -0.1) is 0 Å². The van der Waals surface area contributed by atoms with Crippen molar-refractivity contribution in [1.82, 2.24) is 0 Å². The van der Waals surface area contributed by atoms with E-state index in [0.717, 1.165) is 6.07 Å². The molecule has 1 rings (SSSR count). The standard InChI is InChI=1S/C6H6ClNO3S/c7-5-3-4(12(9,10)11)1-2-6(5)8/h1-3H,8H2,(H,9,10,11). The Labute approximate surface area is 74.7 Å². The second-order valence-electron chi connectivity index (χ2n) is 2.16. The van der Waals surface area contributed by atoms with E-state index in [0.29, 0.717) is 0 Å². The molecule has 0 aromatic heterocycles. The summed E-state index contributed by atoms with van der Waals surface area (Å²) in [4.78, 5) is -0.262. The molecule has 0 aliphatic heterocycles. The van der Waals surface area contributed by atoms with E-state index in [1.165, 1.54) is 12.1 Å². The van der Waals surface area contributed by atoms with Crippen LogP contribution >= 0.6 is 11.6 Å². The fraction of sp³-hybridized carbons (Fsp3) is 0. The van der Waals surface area contributed by atoms with Gasteiger partial charge in [0.2, 0.25) is 0 Å². The van der Waals surface area contributed by atoms with Gasteiger partial charge in [-0.2, -0.15) is 8.42 Å². The monoisotopic (exact) mass is 207 g/mol. The number of nitrogen functional groups attached to an aromatic ring is 1. The lowest BCUT2D eigenvalue weighted by atomic mass is 10.3. The lowest BCUT2D eigenvalue weighted by molar-refractivity contribution is 0.483. The molecule has 3 N–H and O–H groups in total. The van der Waals surface area contributed by atoms with E-state index in [1.807, 2.05) is 0 Å². The van der Waals surface area contributed by atoms with Crippen LogP contribution in [-0.4, -0.2) is 13.0 Å². The summed E-state index contributed by atoms with van der Waals surface area (Å²) in [6.07, 6.45) is 0. The Hall–Kier alpha value is -0.780. The molecule has 1 aromatic carbocycles. The molecule has 66 valence electrons. The van der Waals surface area contributed by atoms with Gasteiger partial charge in [-0.05, 0) is 18.2 Å². The number of anilines is 1. The third-order valence-electron chi connectivity index (χ3n) is 1.27. The fourth-order valence-electron chi connectivity index (χ4n) is 0.668. The number of hydrogen-bond acceptors (Lipinski definition) is 3. The molecule has 0 aliphatic rings. The topological polar surface area (TPSA) is 80.4 Å². The van der Waals surface area contributed by atoms with Crippen molar-refractivity contribution < 1.29 is 13.0 Å². The average Bonchev–Trinajstić information content (AvgIpc) is 1.92. The molecule has 0 bridgehead atoms. The third kappa shape index (κ3) is 1.88. The van der Waals surface area contributed by atoms with Crippen LogP contribution in [0.2, 0.25) is 5.02 Å². The molecule has 0 saturated carbocycles. The highest BCUT2D eigenvalue weighted by Crippen LogP contribution is 2.21. The molecule has 0 heterocycles. The predicted molar refractivity (Wildman–Crippen MR) is 45.7 cm³/mol. The highest BCUT2D eigenvalue weighted by atomic mass is 35.5. The largest absolute Gasteiger partial charge is 0.398 e. The first-order chi connectivity index (χ1) is 5.41. The highest BCUT2D eigenvalue weighted by molar-refractivity contribution is 7.85. The van der Waals surface area contributed by atoms with Gasteiger partial charge in [0.25, 0.3) is 10.1 Å². The van der Waals surface area contributed by atoms with E-state index in [4.69, 9.17) is 21.9 Å². The number of nitrogens with two attached hydrogens (primary N) is 1. The molecule has 12 heavy (non-hydrogen) atoms. The van der Waals surface area contributed by atoms with Gasteiger partial charge in [-0.3, -0.25) is 4.55 Å². The summed E-state index contributed by atoms with van der Waals surface area (Å²) >= 11 is 5.52. The Balaban J connectivity index is 3.33. The van der Waals surface area contributed by atoms with Gasteiger partial charge in [-0.25, -0.2) is 0 Å². The molecule has 0 amide bonds. The molecule has 0 fully saturated rings. The molecule has 0 unspecified atom stereocenters. The van der Waals surface area contributed by atoms with E-state index in [1.54, 1.807) is 0 Å². The molecule has 1 aromatic rings. The number of halogens is 1. The zero-order valence-corrected chi connectivity index (χ0v) is 7.43. The Bertz CT molecular complexity index is 401. The Kier molecular flexibility index (Phi) is 2.27. The van der Waals surface area contributed by atoms with Crippen molar-refractivity contribution in [2.75, 3.05) is 5.73 Å². The van der Waals surface area contributed by atoms with Gasteiger partial charge in [0.05, 0.1) is 15.6 Å². The number of rotatable bonds is 1. The van der Waals surface area contributed by atoms with Crippen molar-refractivity contribution in [3.05, 3.63) is 23.2 Å². The molecule has 6 heteroatoms. The predicted octanol–water partition coefficient (Wildman–Crippen LogP) is 1.17. The smallest absolute Gasteiger partial charge is 0.294 e. The molecular formula is C6H6ClNO3S. The van der Waals surface area contributed by atoms with Crippen molar-refractivity contribution in [3.63, 3.8) is 0 Å². The van der Waals surface area contributed by atoms with Crippen LogP contribution in [0.15, 0.2) is 23.1 Å². The maximum Gasteiger partial charge on any atom is 0.294 e. The molecule has 0 spiro atoms. The van der Waals surface area contributed by atoms with E-state index in [2.05, 4.69) is 0 Å². The Morgan fingerprint density at radius 3 is 2.42 bits per heavy atom. The summed E-state index contributed by atoms with van der Waals surface area (Å²) in [5, 5.41) is 0.102. The van der Waals surface area contributed by atoms with Crippen molar-refractivity contribution in [2.24, 2.45) is 0 Å². The average molecular weight is 208 g/mol. The molecule has 4 nitrogen and oxygen atoms in total. The summed E-state index contributed by atoms with van der Waals surface area (Å²) in [7, 11) is -4.18. The first kappa shape index (κ1) is 9.31. The van der Waals surface area contributed by atoms with Gasteiger partial charge >= 0.3 is 0 Å². The van der Waals surface area contributed by atoms with Crippen molar-refractivity contribution in [2.45, 2.75) is 4.90 Å². The van der Waals surface area contributed by atoms with Gasteiger partial charge < -0.3 is 5.73 Å². The van der Waals surface area contributed by atoms with Crippen LogP contribution in [0.4, 0.5) is 5.69 Å². The zero-order valence-electron chi connectivity index (χ0n) is 5.86. The third-order valence-corrected chi connectivity index (χ3v) is 2.45. The van der Waals surface area contributed by atoms with E-state index in [9.17, 15) is 8.42 Å². The van der Waals surface area contributed by atoms with Gasteiger partial charge in [-0.1, -0.05) is 11.6 Å². The summed E-state index contributed by atoms with van der Waals surface area (Å²) in [5.41, 5.74) is 5.59. The molecule has 0 saturated heterocycles. The molecule has 0 aliphatic carbocycles. The van der Waals surface area contributed by atoms with E-state index < -0.39 is 10.1 Å². The summed E-state index contributed by atoms with van der Waals surface area (Å²) < 4.78 is 29.7. The quantitative estimate of drug-likeness (QED) is 0.535. The van der Waals surface area contributed by atoms with E-state index in [-0.39, 0.29) is 15.6 Å². The molecule has 0 atom stereocenters. The van der Waals surface area contributed by atoms with Crippen LogP contribution in [-0.2, 0) is 10.1 Å². The normalized spacial score (nSPS) is 11.5.